The zero-order valence-electron chi connectivity index (χ0n) is 10.5. The van der Waals surface area contributed by atoms with Crippen molar-refractivity contribution in [2.75, 3.05) is 6.61 Å². The molecule has 0 aliphatic carbocycles. The number of phenols is 1. The molecule has 0 spiro atoms. The van der Waals surface area contributed by atoms with Crippen LogP contribution in [0.1, 0.15) is 25.8 Å². The summed E-state index contributed by atoms with van der Waals surface area (Å²) in [7, 11) is 0. The highest BCUT2D eigenvalue weighted by molar-refractivity contribution is 5.76. The summed E-state index contributed by atoms with van der Waals surface area (Å²) in [6, 6.07) is 5.24. The number of hydrogen-bond acceptors (Lipinski definition) is 3. The molecule has 0 aliphatic heterocycles. The second-order valence-corrected chi connectivity index (χ2v) is 4.22. The van der Waals surface area contributed by atoms with E-state index in [2.05, 4.69) is 5.32 Å². The molecular formula is C13H19NO3. The smallest absolute Gasteiger partial charge is 0.223 e. The van der Waals surface area contributed by atoms with E-state index >= 15 is 0 Å². The number of ether oxygens (including phenoxy) is 1. The maximum Gasteiger partial charge on any atom is 0.223 e. The number of amides is 1. The van der Waals surface area contributed by atoms with E-state index in [9.17, 15) is 9.90 Å². The van der Waals surface area contributed by atoms with Crippen LogP contribution in [0.25, 0.3) is 0 Å². The van der Waals surface area contributed by atoms with Crippen molar-refractivity contribution in [2.45, 2.75) is 33.2 Å². The van der Waals surface area contributed by atoms with E-state index in [0.29, 0.717) is 24.3 Å². The van der Waals surface area contributed by atoms with Crippen molar-refractivity contribution in [3.63, 3.8) is 0 Å². The van der Waals surface area contributed by atoms with Crippen LogP contribution in [0.4, 0.5) is 0 Å². The molecule has 1 amide bonds. The van der Waals surface area contributed by atoms with Gasteiger partial charge in [0.05, 0.1) is 13.0 Å². The van der Waals surface area contributed by atoms with Gasteiger partial charge in [0.1, 0.15) is 11.5 Å². The molecular weight excluding hydrogens is 218 g/mol. The molecule has 0 saturated carbocycles. The van der Waals surface area contributed by atoms with Gasteiger partial charge in [0, 0.05) is 11.6 Å². The number of aromatic hydroxyl groups is 1. The first-order valence-corrected chi connectivity index (χ1v) is 5.71. The van der Waals surface area contributed by atoms with Crippen LogP contribution in [0.3, 0.4) is 0 Å². The minimum absolute atomic E-state index is 0.0298. The molecule has 94 valence electrons. The van der Waals surface area contributed by atoms with Crippen LogP contribution in [-0.2, 0) is 4.79 Å². The molecule has 0 bridgehead atoms. The number of phenolic OH excluding ortho intramolecular Hbond substituents is 1. The monoisotopic (exact) mass is 237 g/mol. The Morgan fingerprint density at radius 3 is 2.82 bits per heavy atom. The maximum absolute atomic E-state index is 11.4. The van der Waals surface area contributed by atoms with Gasteiger partial charge in [0.25, 0.3) is 0 Å². The third-order valence-electron chi connectivity index (χ3n) is 2.29. The van der Waals surface area contributed by atoms with Gasteiger partial charge in [-0.1, -0.05) is 6.07 Å². The average Bonchev–Trinajstić information content (AvgIpc) is 2.23. The molecule has 1 aromatic rings. The van der Waals surface area contributed by atoms with Gasteiger partial charge in [-0.2, -0.15) is 0 Å². The molecule has 0 aromatic heterocycles. The van der Waals surface area contributed by atoms with Crippen molar-refractivity contribution in [3.8, 4) is 11.5 Å². The normalized spacial score (nSPS) is 10.4. The number of hydrogen-bond donors (Lipinski definition) is 2. The predicted molar refractivity (Wildman–Crippen MR) is 66.2 cm³/mol. The van der Waals surface area contributed by atoms with Crippen LogP contribution in [0.2, 0.25) is 0 Å². The Morgan fingerprint density at radius 1 is 1.47 bits per heavy atom. The molecule has 0 unspecified atom stereocenters. The lowest BCUT2D eigenvalue weighted by Gasteiger charge is -2.11. The second-order valence-electron chi connectivity index (χ2n) is 4.22. The summed E-state index contributed by atoms with van der Waals surface area (Å²) < 4.78 is 5.45. The van der Waals surface area contributed by atoms with Gasteiger partial charge in [0.2, 0.25) is 5.91 Å². The fraction of sp³-hybridized carbons (Fsp3) is 0.462. The Bertz CT molecular complexity index is 388. The molecule has 0 heterocycles. The van der Waals surface area contributed by atoms with Crippen molar-refractivity contribution >= 4 is 5.91 Å². The second kappa shape index (κ2) is 6.13. The Morgan fingerprint density at radius 2 is 2.18 bits per heavy atom. The summed E-state index contributed by atoms with van der Waals surface area (Å²) in [6.45, 7) is 5.91. The molecule has 1 rings (SSSR count). The van der Waals surface area contributed by atoms with Crippen molar-refractivity contribution in [1.29, 1.82) is 0 Å². The largest absolute Gasteiger partial charge is 0.508 e. The Kier molecular flexibility index (Phi) is 4.82. The summed E-state index contributed by atoms with van der Waals surface area (Å²) in [5.41, 5.74) is 0.691. The van der Waals surface area contributed by atoms with Crippen molar-refractivity contribution in [3.05, 3.63) is 23.8 Å². The highest BCUT2D eigenvalue weighted by atomic mass is 16.5. The minimum atomic E-state index is -0.0298. The van der Waals surface area contributed by atoms with Crippen molar-refractivity contribution < 1.29 is 14.6 Å². The summed E-state index contributed by atoms with van der Waals surface area (Å²) in [6.07, 6.45) is 0.313. The zero-order valence-corrected chi connectivity index (χ0v) is 10.5. The summed E-state index contributed by atoms with van der Waals surface area (Å²) >= 11 is 0. The first-order valence-electron chi connectivity index (χ1n) is 5.71. The van der Waals surface area contributed by atoms with Gasteiger partial charge in [-0.3, -0.25) is 4.79 Å². The Balaban J connectivity index is 2.41. The third kappa shape index (κ3) is 4.34. The summed E-state index contributed by atoms with van der Waals surface area (Å²) in [4.78, 5) is 11.4. The lowest BCUT2D eigenvalue weighted by molar-refractivity contribution is -0.122. The molecule has 0 fully saturated rings. The zero-order chi connectivity index (χ0) is 12.8. The number of carbonyl (C=O) groups is 1. The van der Waals surface area contributed by atoms with E-state index in [-0.39, 0.29) is 17.7 Å². The van der Waals surface area contributed by atoms with E-state index in [1.54, 1.807) is 25.1 Å². The molecule has 0 atom stereocenters. The van der Waals surface area contributed by atoms with Gasteiger partial charge in [0.15, 0.2) is 0 Å². The van der Waals surface area contributed by atoms with E-state index < -0.39 is 0 Å². The highest BCUT2D eigenvalue weighted by Gasteiger charge is 2.06. The standard InChI is InChI=1S/C13H19NO3/c1-9(2)14-13(16)7-8-17-12-6-4-5-11(15)10(12)3/h4-6,9,15H,7-8H2,1-3H3,(H,14,16). The minimum Gasteiger partial charge on any atom is -0.508 e. The van der Waals surface area contributed by atoms with Crippen LogP contribution < -0.4 is 10.1 Å². The van der Waals surface area contributed by atoms with E-state index in [0.717, 1.165) is 0 Å². The highest BCUT2D eigenvalue weighted by Crippen LogP contribution is 2.25. The van der Waals surface area contributed by atoms with Crippen LogP contribution >= 0.6 is 0 Å². The number of carbonyl (C=O) groups excluding carboxylic acids is 1. The number of nitrogens with one attached hydrogen (secondary N) is 1. The van der Waals surface area contributed by atoms with Crippen LogP contribution in [-0.4, -0.2) is 23.7 Å². The van der Waals surface area contributed by atoms with Gasteiger partial charge in [-0.15, -0.1) is 0 Å². The first-order chi connectivity index (χ1) is 8.00. The van der Waals surface area contributed by atoms with Gasteiger partial charge < -0.3 is 15.2 Å². The van der Waals surface area contributed by atoms with Crippen LogP contribution in [0, 0.1) is 6.92 Å². The van der Waals surface area contributed by atoms with Gasteiger partial charge in [-0.05, 0) is 32.9 Å². The van der Waals surface area contributed by atoms with Crippen LogP contribution in [0.5, 0.6) is 11.5 Å². The molecule has 0 saturated heterocycles. The predicted octanol–water partition coefficient (Wildman–Crippen LogP) is 1.99. The molecule has 2 N–H and O–H groups in total. The Hall–Kier alpha value is -1.71. The van der Waals surface area contributed by atoms with E-state index in [4.69, 9.17) is 4.74 Å². The molecule has 0 aliphatic rings. The molecule has 1 aromatic carbocycles. The summed E-state index contributed by atoms with van der Waals surface area (Å²) in [5.74, 6) is 0.786. The molecule has 4 nitrogen and oxygen atoms in total. The first kappa shape index (κ1) is 13.4. The molecule has 0 radical (unpaired) electrons. The van der Waals surface area contributed by atoms with E-state index in [1.165, 1.54) is 0 Å². The lowest BCUT2D eigenvalue weighted by Crippen LogP contribution is -2.31. The third-order valence-corrected chi connectivity index (χ3v) is 2.29. The average molecular weight is 237 g/mol. The van der Waals surface area contributed by atoms with Crippen molar-refractivity contribution in [1.82, 2.24) is 5.32 Å². The van der Waals surface area contributed by atoms with Gasteiger partial charge >= 0.3 is 0 Å². The lowest BCUT2D eigenvalue weighted by atomic mass is 10.2. The van der Waals surface area contributed by atoms with Crippen molar-refractivity contribution in [2.24, 2.45) is 0 Å². The maximum atomic E-state index is 11.4. The quantitative estimate of drug-likeness (QED) is 0.823. The Labute approximate surface area is 102 Å². The van der Waals surface area contributed by atoms with Crippen LogP contribution in [0.15, 0.2) is 18.2 Å². The fourth-order valence-electron chi connectivity index (χ4n) is 1.41. The van der Waals surface area contributed by atoms with Gasteiger partial charge in [-0.25, -0.2) is 0 Å². The molecule has 17 heavy (non-hydrogen) atoms. The van der Waals surface area contributed by atoms with E-state index in [1.807, 2.05) is 13.8 Å². The topological polar surface area (TPSA) is 58.6 Å². The fourth-order valence-corrected chi connectivity index (χ4v) is 1.41. The summed E-state index contributed by atoms with van der Waals surface area (Å²) in [5, 5.41) is 12.3. The number of rotatable bonds is 5. The SMILES string of the molecule is Cc1c(O)cccc1OCCC(=O)NC(C)C. The molecule has 4 heteroatoms. The number of benzene rings is 1.